The highest BCUT2D eigenvalue weighted by atomic mass is 16.7. The van der Waals surface area contributed by atoms with Crippen LogP contribution in [0.5, 0.6) is 5.75 Å². The lowest BCUT2D eigenvalue weighted by atomic mass is 9.98. The molecule has 0 bridgehead atoms. The Morgan fingerprint density at radius 2 is 1.60 bits per heavy atom. The van der Waals surface area contributed by atoms with E-state index in [0.29, 0.717) is 5.75 Å². The summed E-state index contributed by atoms with van der Waals surface area (Å²) in [6, 6.07) is 20.5. The number of fused-ring (bicyclic) bond motifs is 3. The van der Waals surface area contributed by atoms with Crippen molar-refractivity contribution in [2.75, 3.05) is 32.7 Å². The van der Waals surface area contributed by atoms with Gasteiger partial charge in [0.1, 0.15) is 12.4 Å². The minimum absolute atomic E-state index is 0.0761. The molecule has 1 aliphatic carbocycles. The van der Waals surface area contributed by atoms with Gasteiger partial charge in [-0.15, -0.1) is 0 Å². The third-order valence-corrected chi connectivity index (χ3v) is 5.71. The number of anilines is 1. The molecule has 0 unspecified atom stereocenters. The molecule has 2 N–H and O–H groups in total. The maximum absolute atomic E-state index is 12.8. The number of nitrogens with zero attached hydrogens (tertiary/aromatic N) is 1. The van der Waals surface area contributed by atoms with Crippen molar-refractivity contribution in [1.29, 1.82) is 0 Å². The van der Waals surface area contributed by atoms with Gasteiger partial charge in [-0.3, -0.25) is 14.9 Å². The SMILES string of the molecule is COc1ccc(C(=O)N(C)OCC(=O)O)c(NC(=O)OCC2c3ccccc3-c3ccccc32)c1. The van der Waals surface area contributed by atoms with E-state index >= 15 is 0 Å². The summed E-state index contributed by atoms with van der Waals surface area (Å²) >= 11 is 0. The third-order valence-electron chi connectivity index (χ3n) is 5.71. The van der Waals surface area contributed by atoms with Crippen LogP contribution in [0.1, 0.15) is 27.4 Å². The molecule has 0 spiro atoms. The first-order valence-corrected chi connectivity index (χ1v) is 10.8. The molecule has 4 rings (SSSR count). The number of hydroxylamine groups is 2. The van der Waals surface area contributed by atoms with E-state index in [-0.39, 0.29) is 23.8 Å². The number of rotatable bonds is 8. The smallest absolute Gasteiger partial charge is 0.411 e. The number of carbonyl (C=O) groups excluding carboxylic acids is 2. The second-order valence-electron chi connectivity index (χ2n) is 7.83. The van der Waals surface area contributed by atoms with E-state index < -0.39 is 24.6 Å². The van der Waals surface area contributed by atoms with Gasteiger partial charge < -0.3 is 14.6 Å². The first-order chi connectivity index (χ1) is 16.9. The first kappa shape index (κ1) is 23.8. The molecule has 0 saturated carbocycles. The van der Waals surface area contributed by atoms with Crippen LogP contribution in [-0.4, -0.2) is 55.5 Å². The van der Waals surface area contributed by atoms with Gasteiger partial charge in [-0.05, 0) is 34.4 Å². The molecular weight excluding hydrogens is 452 g/mol. The predicted molar refractivity (Wildman–Crippen MR) is 127 cm³/mol. The highest BCUT2D eigenvalue weighted by Crippen LogP contribution is 2.44. The summed E-state index contributed by atoms with van der Waals surface area (Å²) in [5.74, 6) is -1.58. The number of methoxy groups -OCH3 is 1. The third kappa shape index (κ3) is 5.10. The minimum atomic E-state index is -1.23. The van der Waals surface area contributed by atoms with Gasteiger partial charge in [0.15, 0.2) is 6.61 Å². The van der Waals surface area contributed by atoms with Gasteiger partial charge in [-0.1, -0.05) is 48.5 Å². The first-order valence-electron chi connectivity index (χ1n) is 10.8. The molecule has 35 heavy (non-hydrogen) atoms. The van der Waals surface area contributed by atoms with Crippen molar-refractivity contribution in [3.8, 4) is 16.9 Å². The van der Waals surface area contributed by atoms with Gasteiger partial charge in [-0.2, -0.15) is 0 Å². The summed E-state index contributed by atoms with van der Waals surface area (Å²) in [6.45, 7) is -0.581. The molecule has 0 aromatic heterocycles. The molecule has 180 valence electrons. The predicted octanol–water partition coefficient (Wildman–Crippen LogP) is 4.14. The molecule has 9 heteroatoms. The normalized spacial score (nSPS) is 11.8. The Morgan fingerprint density at radius 3 is 2.20 bits per heavy atom. The van der Waals surface area contributed by atoms with Gasteiger partial charge >= 0.3 is 12.1 Å². The Morgan fingerprint density at radius 1 is 0.971 bits per heavy atom. The molecule has 3 aromatic rings. The summed E-state index contributed by atoms with van der Waals surface area (Å²) < 4.78 is 10.8. The molecule has 0 fully saturated rings. The Bertz CT molecular complexity index is 1230. The summed E-state index contributed by atoms with van der Waals surface area (Å²) in [7, 11) is 2.74. The average Bonchev–Trinajstić information content (AvgIpc) is 3.19. The van der Waals surface area contributed by atoms with Gasteiger partial charge in [0, 0.05) is 19.0 Å². The van der Waals surface area contributed by atoms with Crippen LogP contribution >= 0.6 is 0 Å². The molecule has 0 radical (unpaired) electrons. The van der Waals surface area contributed by atoms with Gasteiger partial charge in [-0.25, -0.2) is 14.7 Å². The van der Waals surface area contributed by atoms with Crippen molar-refractivity contribution in [3.63, 3.8) is 0 Å². The molecule has 0 saturated heterocycles. The molecule has 3 aromatic carbocycles. The summed E-state index contributed by atoms with van der Waals surface area (Å²) in [5.41, 5.74) is 4.60. The van der Waals surface area contributed by atoms with Gasteiger partial charge in [0.25, 0.3) is 5.91 Å². The van der Waals surface area contributed by atoms with Crippen molar-refractivity contribution < 1.29 is 33.8 Å². The molecule has 1 aliphatic rings. The number of aliphatic carboxylic acids is 1. The zero-order valence-electron chi connectivity index (χ0n) is 19.2. The molecule has 9 nitrogen and oxygen atoms in total. The lowest BCUT2D eigenvalue weighted by molar-refractivity contribution is -0.159. The molecule has 0 aliphatic heterocycles. The maximum Gasteiger partial charge on any atom is 0.411 e. The molecule has 0 heterocycles. The Hall–Kier alpha value is -4.37. The summed E-state index contributed by atoms with van der Waals surface area (Å²) in [4.78, 5) is 41.2. The van der Waals surface area contributed by atoms with Crippen LogP contribution in [0.15, 0.2) is 66.7 Å². The van der Waals surface area contributed by atoms with Crippen LogP contribution < -0.4 is 10.1 Å². The average molecular weight is 476 g/mol. The molecule has 0 atom stereocenters. The second kappa shape index (κ2) is 10.3. The Labute approximate surface area is 201 Å². The number of ether oxygens (including phenoxy) is 2. The number of hydrogen-bond acceptors (Lipinski definition) is 6. The Balaban J connectivity index is 1.49. The lowest BCUT2D eigenvalue weighted by Crippen LogP contribution is -2.30. The highest BCUT2D eigenvalue weighted by Gasteiger charge is 2.29. The number of nitrogens with one attached hydrogen (secondary N) is 1. The molecular formula is C26H24N2O7. The zero-order valence-corrected chi connectivity index (χ0v) is 19.2. The molecule has 2 amide bonds. The van der Waals surface area contributed by atoms with Crippen molar-refractivity contribution in [2.24, 2.45) is 0 Å². The number of carboxylic acid groups (broad SMARTS) is 1. The van der Waals surface area contributed by atoms with Crippen LogP contribution in [0, 0.1) is 0 Å². The Kier molecular flexibility index (Phi) is 6.98. The second-order valence-corrected chi connectivity index (χ2v) is 7.83. The quantitative estimate of drug-likeness (QED) is 0.470. The van der Waals surface area contributed by atoms with Crippen LogP contribution in [0.4, 0.5) is 10.5 Å². The van der Waals surface area contributed by atoms with Crippen molar-refractivity contribution in [3.05, 3.63) is 83.4 Å². The van der Waals surface area contributed by atoms with E-state index in [2.05, 4.69) is 5.32 Å². The maximum atomic E-state index is 12.8. The number of amides is 2. The fourth-order valence-corrected chi connectivity index (χ4v) is 4.06. The van der Waals surface area contributed by atoms with E-state index in [1.54, 1.807) is 6.07 Å². The lowest BCUT2D eigenvalue weighted by Gasteiger charge is -2.19. The fraction of sp³-hybridized carbons (Fsp3) is 0.192. The van der Waals surface area contributed by atoms with Crippen LogP contribution in [-0.2, 0) is 14.4 Å². The minimum Gasteiger partial charge on any atom is -0.497 e. The van der Waals surface area contributed by atoms with Crippen LogP contribution in [0.25, 0.3) is 11.1 Å². The van der Waals surface area contributed by atoms with E-state index in [1.807, 2.05) is 48.5 Å². The highest BCUT2D eigenvalue weighted by molar-refractivity contribution is 6.02. The van der Waals surface area contributed by atoms with E-state index in [9.17, 15) is 14.4 Å². The number of benzene rings is 3. The van der Waals surface area contributed by atoms with Crippen molar-refractivity contribution in [1.82, 2.24) is 5.06 Å². The summed E-state index contributed by atoms with van der Waals surface area (Å²) in [5, 5.41) is 12.2. The summed E-state index contributed by atoms with van der Waals surface area (Å²) in [6.07, 6.45) is -0.747. The number of carboxylic acids is 1. The van der Waals surface area contributed by atoms with E-state index in [0.717, 1.165) is 27.3 Å². The van der Waals surface area contributed by atoms with Crippen molar-refractivity contribution >= 4 is 23.7 Å². The van der Waals surface area contributed by atoms with Gasteiger partial charge in [0.05, 0.1) is 18.4 Å². The van der Waals surface area contributed by atoms with Gasteiger partial charge in [0.2, 0.25) is 0 Å². The number of carbonyl (C=O) groups is 3. The van der Waals surface area contributed by atoms with Crippen molar-refractivity contribution in [2.45, 2.75) is 5.92 Å². The van der Waals surface area contributed by atoms with Crippen LogP contribution in [0.3, 0.4) is 0 Å². The zero-order chi connectivity index (χ0) is 24.9. The van der Waals surface area contributed by atoms with Crippen LogP contribution in [0.2, 0.25) is 0 Å². The van der Waals surface area contributed by atoms with E-state index in [4.69, 9.17) is 19.4 Å². The van der Waals surface area contributed by atoms with E-state index in [1.165, 1.54) is 26.3 Å². The number of hydrogen-bond donors (Lipinski definition) is 2. The largest absolute Gasteiger partial charge is 0.497 e. The fourth-order valence-electron chi connectivity index (χ4n) is 4.06. The monoisotopic (exact) mass is 476 g/mol. The standard InChI is InChI=1S/C26H24N2O7/c1-28(35-15-24(29)30)25(31)21-12-11-16(33-2)13-23(21)27-26(32)34-14-22-19-9-5-3-7-17(19)18-8-4-6-10-20(18)22/h3-13,22H,14-15H2,1-2H3,(H,27,32)(H,29,30). The topological polar surface area (TPSA) is 114 Å².